The van der Waals surface area contributed by atoms with E-state index in [1.54, 1.807) is 18.7 Å². The van der Waals surface area contributed by atoms with E-state index in [1.165, 1.54) is 13.3 Å². The van der Waals surface area contributed by atoms with Gasteiger partial charge in [-0.15, -0.1) is 5.10 Å². The summed E-state index contributed by atoms with van der Waals surface area (Å²) in [5.41, 5.74) is 0.384. The lowest BCUT2D eigenvalue weighted by atomic mass is 10.3. The molecule has 2 rings (SSSR count). The molecule has 0 aliphatic carbocycles. The van der Waals surface area contributed by atoms with Crippen LogP contribution in [0, 0.1) is 17.0 Å². The van der Waals surface area contributed by atoms with E-state index in [2.05, 4.69) is 20.6 Å². The molecule has 2 heterocycles. The third-order valence-electron chi connectivity index (χ3n) is 2.80. The summed E-state index contributed by atoms with van der Waals surface area (Å²) in [4.78, 5) is 22.3. The van der Waals surface area contributed by atoms with Gasteiger partial charge in [-0.25, -0.2) is 0 Å². The van der Waals surface area contributed by atoms with E-state index < -0.39 is 16.5 Å². The number of carbonyl (C=O) groups excluding carboxylic acids is 1. The first-order valence-electron chi connectivity index (χ1n) is 5.52. The van der Waals surface area contributed by atoms with E-state index in [9.17, 15) is 14.9 Å². The van der Waals surface area contributed by atoms with Gasteiger partial charge in [-0.3, -0.25) is 24.7 Å². The Morgan fingerprint density at radius 3 is 2.80 bits per heavy atom. The zero-order valence-electron chi connectivity index (χ0n) is 11.0. The van der Waals surface area contributed by atoms with Crippen LogP contribution in [0.4, 0.5) is 11.4 Å². The smallest absolute Gasteiger partial charge is 0.362 e. The number of hydrogen-bond donors (Lipinski definition) is 2. The number of ether oxygens (including phenoxy) is 1. The Morgan fingerprint density at radius 1 is 1.60 bits per heavy atom. The number of nitrogens with zero attached hydrogens (tertiary/aromatic N) is 4. The quantitative estimate of drug-likeness (QED) is 0.624. The van der Waals surface area contributed by atoms with E-state index in [-0.39, 0.29) is 11.6 Å². The predicted molar refractivity (Wildman–Crippen MR) is 67.7 cm³/mol. The van der Waals surface area contributed by atoms with Gasteiger partial charge in [0.25, 0.3) is 5.91 Å². The van der Waals surface area contributed by atoms with Crippen molar-refractivity contribution in [1.29, 1.82) is 0 Å². The number of anilines is 1. The molecular formula is C10H12N6O4. The van der Waals surface area contributed by atoms with Crippen LogP contribution in [0.2, 0.25) is 0 Å². The van der Waals surface area contributed by atoms with Crippen LogP contribution in [0.15, 0.2) is 6.20 Å². The van der Waals surface area contributed by atoms with Crippen molar-refractivity contribution in [2.45, 2.75) is 6.92 Å². The van der Waals surface area contributed by atoms with Crippen molar-refractivity contribution in [1.82, 2.24) is 20.0 Å². The van der Waals surface area contributed by atoms with E-state index in [0.29, 0.717) is 11.4 Å². The van der Waals surface area contributed by atoms with Gasteiger partial charge in [0.1, 0.15) is 0 Å². The Balaban J connectivity index is 2.32. The molecule has 2 aromatic rings. The lowest BCUT2D eigenvalue weighted by Crippen LogP contribution is -2.14. The van der Waals surface area contributed by atoms with Gasteiger partial charge in [0.15, 0.2) is 0 Å². The molecule has 10 heteroatoms. The number of aromatic nitrogens is 4. The molecule has 0 unspecified atom stereocenters. The minimum Gasteiger partial charge on any atom is -0.475 e. The van der Waals surface area contributed by atoms with Crippen LogP contribution in [-0.4, -0.2) is 37.9 Å². The summed E-state index contributed by atoms with van der Waals surface area (Å²) in [5.74, 6) is -0.938. The molecule has 0 saturated heterocycles. The fourth-order valence-corrected chi connectivity index (χ4v) is 1.60. The van der Waals surface area contributed by atoms with Gasteiger partial charge >= 0.3 is 11.6 Å². The number of H-pyrrole nitrogens is 1. The van der Waals surface area contributed by atoms with E-state index in [0.717, 1.165) is 0 Å². The molecule has 0 spiro atoms. The number of aromatic amines is 1. The second-order valence-corrected chi connectivity index (χ2v) is 3.93. The van der Waals surface area contributed by atoms with Crippen LogP contribution < -0.4 is 10.1 Å². The number of carbonyl (C=O) groups is 1. The molecular weight excluding hydrogens is 268 g/mol. The van der Waals surface area contributed by atoms with Crippen molar-refractivity contribution in [3.8, 4) is 5.88 Å². The summed E-state index contributed by atoms with van der Waals surface area (Å²) in [7, 11) is 2.95. The average Bonchev–Trinajstić information content (AvgIpc) is 2.97. The molecule has 10 nitrogen and oxygen atoms in total. The number of nitro groups is 1. The van der Waals surface area contributed by atoms with Gasteiger partial charge in [-0.1, -0.05) is 0 Å². The molecule has 0 saturated carbocycles. The zero-order chi connectivity index (χ0) is 14.9. The lowest BCUT2D eigenvalue weighted by molar-refractivity contribution is -0.386. The van der Waals surface area contributed by atoms with Crippen LogP contribution in [0.25, 0.3) is 0 Å². The molecule has 0 aliphatic heterocycles. The minimum atomic E-state index is -0.729. The van der Waals surface area contributed by atoms with E-state index >= 15 is 0 Å². The van der Waals surface area contributed by atoms with Crippen LogP contribution in [0.1, 0.15) is 16.2 Å². The van der Waals surface area contributed by atoms with Gasteiger partial charge in [-0.05, 0) is 6.92 Å². The minimum absolute atomic E-state index is 0.247. The highest BCUT2D eigenvalue weighted by Gasteiger charge is 2.30. The van der Waals surface area contributed by atoms with Gasteiger partial charge in [-0.2, -0.15) is 5.10 Å². The van der Waals surface area contributed by atoms with Crippen molar-refractivity contribution < 1.29 is 14.5 Å². The molecule has 0 aromatic carbocycles. The van der Waals surface area contributed by atoms with E-state index in [4.69, 9.17) is 4.74 Å². The second-order valence-electron chi connectivity index (χ2n) is 3.93. The molecule has 0 atom stereocenters. The molecule has 1 amide bonds. The molecule has 0 radical (unpaired) electrons. The molecule has 106 valence electrons. The van der Waals surface area contributed by atoms with Gasteiger partial charge in [0.05, 0.1) is 29.6 Å². The molecule has 2 N–H and O–H groups in total. The SMILES string of the molecule is COc1n[nH]c(C(=O)Nc2cnn(C)c2C)c1[N+](=O)[O-]. The van der Waals surface area contributed by atoms with Crippen LogP contribution in [0.3, 0.4) is 0 Å². The van der Waals surface area contributed by atoms with Crippen molar-refractivity contribution in [2.75, 3.05) is 12.4 Å². The predicted octanol–water partition coefficient (Wildman–Crippen LogP) is 0.621. The summed E-state index contributed by atoms with van der Waals surface area (Å²) >= 11 is 0. The Morgan fingerprint density at radius 2 is 2.30 bits per heavy atom. The maximum absolute atomic E-state index is 12.1. The largest absolute Gasteiger partial charge is 0.475 e. The highest BCUT2D eigenvalue weighted by Crippen LogP contribution is 2.28. The number of hydrogen-bond acceptors (Lipinski definition) is 6. The fourth-order valence-electron chi connectivity index (χ4n) is 1.60. The molecule has 0 aliphatic rings. The number of rotatable bonds is 4. The van der Waals surface area contributed by atoms with Crippen LogP contribution in [0.5, 0.6) is 5.88 Å². The van der Waals surface area contributed by atoms with Gasteiger partial charge in [0.2, 0.25) is 5.69 Å². The lowest BCUT2D eigenvalue weighted by Gasteiger charge is -2.02. The Bertz CT molecular complexity index is 673. The normalized spacial score (nSPS) is 10.3. The molecule has 0 fully saturated rings. The Hall–Kier alpha value is -2.91. The van der Waals surface area contributed by atoms with Crippen LogP contribution in [-0.2, 0) is 7.05 Å². The molecule has 20 heavy (non-hydrogen) atoms. The molecule has 0 bridgehead atoms. The summed E-state index contributed by atoms with van der Waals surface area (Å²) in [6.07, 6.45) is 1.45. The number of methoxy groups -OCH3 is 1. The van der Waals surface area contributed by atoms with Crippen molar-refractivity contribution in [3.05, 3.63) is 27.7 Å². The number of amides is 1. The second kappa shape index (κ2) is 4.99. The summed E-state index contributed by atoms with van der Waals surface area (Å²) in [5, 5.41) is 23.3. The maximum Gasteiger partial charge on any atom is 0.362 e. The highest BCUT2D eigenvalue weighted by atomic mass is 16.6. The third kappa shape index (κ3) is 2.18. The van der Waals surface area contributed by atoms with E-state index in [1.807, 2.05) is 0 Å². The first kappa shape index (κ1) is 13.5. The Kier molecular flexibility index (Phi) is 3.37. The Labute approximate surface area is 112 Å². The fraction of sp³-hybridized carbons (Fsp3) is 0.300. The first-order valence-corrected chi connectivity index (χ1v) is 5.52. The zero-order valence-corrected chi connectivity index (χ0v) is 11.0. The molecule has 2 aromatic heterocycles. The standard InChI is InChI=1S/C10H12N6O4/c1-5-6(4-11-15(5)2)12-9(17)7-8(16(18)19)10(20-3)14-13-7/h4H,1-3H3,(H,12,17)(H,13,14). The van der Waals surface area contributed by atoms with Crippen molar-refractivity contribution in [2.24, 2.45) is 7.05 Å². The first-order chi connectivity index (χ1) is 9.45. The monoisotopic (exact) mass is 280 g/mol. The van der Waals surface area contributed by atoms with Gasteiger partial charge < -0.3 is 10.1 Å². The van der Waals surface area contributed by atoms with Crippen molar-refractivity contribution in [3.63, 3.8) is 0 Å². The summed E-state index contributed by atoms with van der Waals surface area (Å²) in [6, 6.07) is 0. The number of nitrogens with one attached hydrogen (secondary N) is 2. The number of aryl methyl sites for hydroxylation is 1. The van der Waals surface area contributed by atoms with Crippen molar-refractivity contribution >= 4 is 17.3 Å². The summed E-state index contributed by atoms with van der Waals surface area (Å²) in [6.45, 7) is 1.75. The maximum atomic E-state index is 12.1. The average molecular weight is 280 g/mol. The van der Waals surface area contributed by atoms with Crippen LogP contribution >= 0.6 is 0 Å². The summed E-state index contributed by atoms with van der Waals surface area (Å²) < 4.78 is 6.30. The van der Waals surface area contributed by atoms with Gasteiger partial charge in [0, 0.05) is 7.05 Å². The topological polar surface area (TPSA) is 128 Å². The third-order valence-corrected chi connectivity index (χ3v) is 2.80. The highest BCUT2D eigenvalue weighted by molar-refractivity contribution is 6.06.